The minimum atomic E-state index is -3.23. The molecule has 1 fully saturated rings. The maximum atomic E-state index is 12.3. The highest BCUT2D eigenvalue weighted by atomic mass is 19.3. The molecule has 0 aliphatic carbocycles. The maximum absolute atomic E-state index is 12.3. The molecule has 1 amide bonds. The molecule has 0 aromatic carbocycles. The van der Waals surface area contributed by atoms with Gasteiger partial charge < -0.3 is 4.90 Å². The zero-order chi connectivity index (χ0) is 8.48. The van der Waals surface area contributed by atoms with Gasteiger partial charge in [0.2, 0.25) is 0 Å². The number of hydrogen-bond donors (Lipinski definition) is 1. The van der Waals surface area contributed by atoms with Crippen molar-refractivity contribution in [2.45, 2.75) is 12.8 Å². The van der Waals surface area contributed by atoms with Crippen LogP contribution in [-0.2, 0) is 4.79 Å². The van der Waals surface area contributed by atoms with E-state index in [1.807, 2.05) is 0 Å². The van der Waals surface area contributed by atoms with Gasteiger partial charge in [-0.3, -0.25) is 10.1 Å². The Morgan fingerprint density at radius 3 is 2.64 bits per heavy atom. The molecule has 0 radical (unpaired) electrons. The van der Waals surface area contributed by atoms with Crippen LogP contribution >= 0.6 is 0 Å². The normalized spacial score (nSPS) is 19.0. The summed E-state index contributed by atoms with van der Waals surface area (Å²) in [5.74, 6) is -4.33. The molecule has 1 heterocycles. The summed E-state index contributed by atoms with van der Waals surface area (Å²) >= 11 is 0. The van der Waals surface area contributed by atoms with Crippen molar-refractivity contribution in [1.82, 2.24) is 10.2 Å². The van der Waals surface area contributed by atoms with Crippen molar-refractivity contribution in [3.05, 3.63) is 0 Å². The summed E-state index contributed by atoms with van der Waals surface area (Å²) in [4.78, 5) is 11.9. The molecule has 1 rings (SSSR count). The summed E-state index contributed by atoms with van der Waals surface area (Å²) in [6.07, 6.45) is 0. The second kappa shape index (κ2) is 2.73. The van der Waals surface area contributed by atoms with Crippen LogP contribution in [0.2, 0.25) is 0 Å². The summed E-state index contributed by atoms with van der Waals surface area (Å²) in [5, 5.41) is 2.80. The Balaban J connectivity index is 2.53. The number of nitrogens with zero attached hydrogens (tertiary/aromatic N) is 1. The van der Waals surface area contributed by atoms with Crippen LogP contribution in [0.3, 0.4) is 0 Å². The Kier molecular flexibility index (Phi) is 2.08. The highest BCUT2D eigenvalue weighted by Gasteiger charge is 2.37. The lowest BCUT2D eigenvalue weighted by molar-refractivity contribution is -0.153. The summed E-state index contributed by atoms with van der Waals surface area (Å²) in [6.45, 7) is 1.83. The SMILES string of the molecule is CC(F)(F)C(=O)N1CCNC1. The van der Waals surface area contributed by atoms with Gasteiger partial charge in [-0.25, -0.2) is 0 Å². The number of alkyl halides is 2. The fourth-order valence-corrected chi connectivity index (χ4v) is 0.958. The maximum Gasteiger partial charge on any atom is 0.322 e. The number of carbonyl (C=O) groups is 1. The van der Waals surface area contributed by atoms with Crippen molar-refractivity contribution < 1.29 is 13.6 Å². The highest BCUT2D eigenvalue weighted by Crippen LogP contribution is 2.15. The van der Waals surface area contributed by atoms with Crippen molar-refractivity contribution in [2.75, 3.05) is 19.8 Å². The molecule has 0 unspecified atom stereocenters. The molecular formula is C6H10F2N2O. The van der Waals surface area contributed by atoms with Gasteiger partial charge in [0, 0.05) is 20.0 Å². The second-order valence-corrected chi connectivity index (χ2v) is 2.62. The Morgan fingerprint density at radius 1 is 1.64 bits per heavy atom. The van der Waals surface area contributed by atoms with Crippen LogP contribution in [0, 0.1) is 0 Å². The van der Waals surface area contributed by atoms with Crippen molar-refractivity contribution in [3.63, 3.8) is 0 Å². The molecule has 3 nitrogen and oxygen atoms in total. The van der Waals surface area contributed by atoms with Crippen LogP contribution in [0.4, 0.5) is 8.78 Å². The van der Waals surface area contributed by atoms with Crippen molar-refractivity contribution in [2.24, 2.45) is 0 Å². The van der Waals surface area contributed by atoms with Crippen molar-refractivity contribution in [3.8, 4) is 0 Å². The predicted octanol–water partition coefficient (Wildman–Crippen LogP) is 0.0309. The van der Waals surface area contributed by atoms with E-state index in [0.29, 0.717) is 20.0 Å². The molecule has 11 heavy (non-hydrogen) atoms. The lowest BCUT2D eigenvalue weighted by Crippen LogP contribution is -2.40. The van der Waals surface area contributed by atoms with Crippen LogP contribution in [-0.4, -0.2) is 36.5 Å². The smallest absolute Gasteiger partial charge is 0.322 e. The molecule has 0 saturated carbocycles. The number of halogens is 2. The average Bonchev–Trinajstić information content (AvgIpc) is 2.34. The van der Waals surface area contributed by atoms with Gasteiger partial charge in [0.15, 0.2) is 0 Å². The van der Waals surface area contributed by atoms with E-state index in [2.05, 4.69) is 5.32 Å². The van der Waals surface area contributed by atoms with Crippen LogP contribution in [0.25, 0.3) is 0 Å². The van der Waals surface area contributed by atoms with Crippen molar-refractivity contribution >= 4 is 5.91 Å². The van der Waals surface area contributed by atoms with E-state index >= 15 is 0 Å². The van der Waals surface area contributed by atoms with Crippen LogP contribution in [0.1, 0.15) is 6.92 Å². The third-order valence-corrected chi connectivity index (χ3v) is 1.52. The van der Waals surface area contributed by atoms with Gasteiger partial charge in [-0.2, -0.15) is 8.78 Å². The fourth-order valence-electron chi connectivity index (χ4n) is 0.958. The van der Waals surface area contributed by atoms with E-state index in [9.17, 15) is 13.6 Å². The third kappa shape index (κ3) is 1.86. The van der Waals surface area contributed by atoms with Crippen LogP contribution in [0.5, 0.6) is 0 Å². The highest BCUT2D eigenvalue weighted by molar-refractivity contribution is 5.83. The van der Waals surface area contributed by atoms with Crippen LogP contribution in [0.15, 0.2) is 0 Å². The lowest BCUT2D eigenvalue weighted by atomic mass is 10.3. The minimum Gasteiger partial charge on any atom is -0.323 e. The van der Waals surface area contributed by atoms with E-state index in [1.165, 1.54) is 0 Å². The van der Waals surface area contributed by atoms with E-state index in [1.54, 1.807) is 0 Å². The van der Waals surface area contributed by atoms with Gasteiger partial charge in [0.05, 0.1) is 6.67 Å². The zero-order valence-corrected chi connectivity index (χ0v) is 6.23. The summed E-state index contributed by atoms with van der Waals surface area (Å²) in [5.41, 5.74) is 0. The van der Waals surface area contributed by atoms with Gasteiger partial charge in [0.25, 0.3) is 5.91 Å². The quantitative estimate of drug-likeness (QED) is 0.593. The van der Waals surface area contributed by atoms with Crippen LogP contribution < -0.4 is 5.32 Å². The average molecular weight is 164 g/mol. The van der Waals surface area contributed by atoms with E-state index in [0.717, 1.165) is 4.90 Å². The second-order valence-electron chi connectivity index (χ2n) is 2.62. The Bertz CT molecular complexity index is 160. The topological polar surface area (TPSA) is 32.3 Å². The van der Waals surface area contributed by atoms with Gasteiger partial charge in [-0.1, -0.05) is 0 Å². The van der Waals surface area contributed by atoms with E-state index in [-0.39, 0.29) is 6.67 Å². The molecule has 1 N–H and O–H groups in total. The summed E-state index contributed by atoms with van der Waals surface area (Å²) < 4.78 is 24.7. The van der Waals surface area contributed by atoms with Gasteiger partial charge in [-0.05, 0) is 0 Å². The molecule has 0 aromatic rings. The summed E-state index contributed by atoms with van der Waals surface area (Å²) in [6, 6.07) is 0. The Hall–Kier alpha value is -0.710. The van der Waals surface area contributed by atoms with Gasteiger partial charge in [-0.15, -0.1) is 0 Å². The number of hydrogen-bond acceptors (Lipinski definition) is 2. The molecule has 1 saturated heterocycles. The molecular weight excluding hydrogens is 154 g/mol. The first-order valence-electron chi connectivity index (χ1n) is 3.40. The predicted molar refractivity (Wildman–Crippen MR) is 35.2 cm³/mol. The molecule has 0 bridgehead atoms. The first-order valence-corrected chi connectivity index (χ1v) is 3.40. The monoisotopic (exact) mass is 164 g/mol. The first-order chi connectivity index (χ1) is 5.02. The summed E-state index contributed by atoms with van der Waals surface area (Å²) in [7, 11) is 0. The van der Waals surface area contributed by atoms with Gasteiger partial charge in [0.1, 0.15) is 0 Å². The minimum absolute atomic E-state index is 0.238. The number of nitrogens with one attached hydrogen (secondary N) is 1. The molecule has 1 aliphatic rings. The number of carbonyl (C=O) groups excluding carboxylic acids is 1. The zero-order valence-electron chi connectivity index (χ0n) is 6.23. The van der Waals surface area contributed by atoms with Gasteiger partial charge >= 0.3 is 5.92 Å². The standard InChI is InChI=1S/C6H10F2N2O/c1-6(7,8)5(11)10-3-2-9-4-10/h9H,2-4H2,1H3. The molecule has 1 aliphatic heterocycles. The Labute approximate surface area is 63.4 Å². The molecule has 64 valence electrons. The molecule has 0 atom stereocenters. The number of rotatable bonds is 1. The molecule has 0 aromatic heterocycles. The molecule has 0 spiro atoms. The fraction of sp³-hybridized carbons (Fsp3) is 0.833. The Morgan fingerprint density at radius 2 is 2.27 bits per heavy atom. The van der Waals surface area contributed by atoms with E-state index in [4.69, 9.17) is 0 Å². The number of amides is 1. The lowest BCUT2D eigenvalue weighted by Gasteiger charge is -2.18. The van der Waals surface area contributed by atoms with Crippen molar-refractivity contribution in [1.29, 1.82) is 0 Å². The third-order valence-electron chi connectivity index (χ3n) is 1.52. The van der Waals surface area contributed by atoms with E-state index < -0.39 is 11.8 Å². The first kappa shape index (κ1) is 8.39. The molecule has 5 heteroatoms. The largest absolute Gasteiger partial charge is 0.323 e.